The third kappa shape index (κ3) is 1.87. The van der Waals surface area contributed by atoms with E-state index in [1.165, 1.54) is 21.3 Å². The summed E-state index contributed by atoms with van der Waals surface area (Å²) in [6, 6.07) is 9.14. The molecule has 1 aromatic carbocycles. The Bertz CT molecular complexity index is 778. The number of nitrogens with one attached hydrogen (secondary N) is 1. The van der Waals surface area contributed by atoms with E-state index in [2.05, 4.69) is 9.69 Å². The summed E-state index contributed by atoms with van der Waals surface area (Å²) >= 11 is 1.49. The Hall–Kier alpha value is -1.76. The summed E-state index contributed by atoms with van der Waals surface area (Å²) in [6.07, 6.45) is 1.81. The maximum absolute atomic E-state index is 12.7. The third-order valence-electron chi connectivity index (χ3n) is 5.62. The molecule has 3 atom stereocenters. The van der Waals surface area contributed by atoms with Crippen LogP contribution >= 0.6 is 23.9 Å². The van der Waals surface area contributed by atoms with Gasteiger partial charge in [-0.05, 0) is 54.7 Å². The minimum atomic E-state index is -0.160. The molecule has 0 spiro atoms. The van der Waals surface area contributed by atoms with Gasteiger partial charge in [0.15, 0.2) is 0 Å². The molecule has 0 radical (unpaired) electrons. The lowest BCUT2D eigenvalue weighted by atomic mass is 9.97. The van der Waals surface area contributed by atoms with Gasteiger partial charge in [-0.1, -0.05) is 12.1 Å². The molecule has 1 aromatic heterocycles. The molecule has 2 amide bonds. The van der Waals surface area contributed by atoms with E-state index in [4.69, 9.17) is 0 Å². The number of carbonyl (C=O) groups excluding carboxylic acids is 2. The summed E-state index contributed by atoms with van der Waals surface area (Å²) in [6.45, 7) is 2.37. The van der Waals surface area contributed by atoms with Crippen molar-refractivity contribution in [1.82, 2.24) is 14.6 Å². The first kappa shape index (κ1) is 15.7. The van der Waals surface area contributed by atoms with Crippen molar-refractivity contribution in [2.75, 3.05) is 19.6 Å². The van der Waals surface area contributed by atoms with E-state index in [0.717, 1.165) is 13.1 Å². The Labute approximate surface area is 149 Å². The number of carbonyl (C=O) groups is 2. The molecule has 0 bridgehead atoms. The summed E-state index contributed by atoms with van der Waals surface area (Å²) in [5.74, 6) is 0.666. The molecule has 2 aromatic rings. The number of hydrogen-bond donors (Lipinski definition) is 1. The second-order valence-electron chi connectivity index (χ2n) is 6.53. The fourth-order valence-corrected chi connectivity index (χ4v) is 5.32. The van der Waals surface area contributed by atoms with E-state index in [1.54, 1.807) is 12.1 Å². The van der Waals surface area contributed by atoms with E-state index < -0.39 is 0 Å². The zero-order valence-corrected chi connectivity index (χ0v) is 14.4. The van der Waals surface area contributed by atoms with Crippen LogP contribution in [0.5, 0.6) is 0 Å². The van der Waals surface area contributed by atoms with Crippen molar-refractivity contribution in [2.24, 2.45) is 11.8 Å². The van der Waals surface area contributed by atoms with Crippen LogP contribution in [-0.2, 0) is 5.41 Å². The molecule has 1 saturated heterocycles. The highest BCUT2D eigenvalue weighted by atomic mass is 35.5. The van der Waals surface area contributed by atoms with Crippen LogP contribution < -0.4 is 5.32 Å². The fourth-order valence-electron chi connectivity index (χ4n) is 4.43. The number of fused-ring (bicyclic) bond motifs is 2. The molecule has 2 aliphatic heterocycles. The normalized spacial score (nSPS) is 30.1. The number of halogens is 1. The van der Waals surface area contributed by atoms with Crippen LogP contribution in [0.15, 0.2) is 36.5 Å². The largest absolute Gasteiger partial charge is 0.316 e. The maximum atomic E-state index is 12.7. The molecule has 1 saturated carbocycles. The fraction of sp³-hybridized carbons (Fsp3) is 0.353. The van der Waals surface area contributed by atoms with Crippen LogP contribution in [0, 0.1) is 11.8 Å². The van der Waals surface area contributed by atoms with Gasteiger partial charge in [-0.2, -0.15) is 0 Å². The zero-order chi connectivity index (χ0) is 15.6. The Kier molecular flexibility index (Phi) is 3.53. The first-order valence-corrected chi connectivity index (χ1v) is 8.58. The predicted molar refractivity (Wildman–Crippen MR) is 92.7 cm³/mol. The highest BCUT2D eigenvalue weighted by Gasteiger charge is 2.69. The first-order valence-electron chi connectivity index (χ1n) is 7.80. The number of piperidine rings is 1. The van der Waals surface area contributed by atoms with Gasteiger partial charge in [0.1, 0.15) is 0 Å². The van der Waals surface area contributed by atoms with Crippen molar-refractivity contribution in [2.45, 2.75) is 5.41 Å². The Morgan fingerprint density at radius 1 is 1.12 bits per heavy atom. The Morgan fingerprint density at radius 3 is 2.29 bits per heavy atom. The summed E-state index contributed by atoms with van der Waals surface area (Å²) in [5, 5.41) is 3.40. The van der Waals surface area contributed by atoms with Gasteiger partial charge in [0.25, 0.3) is 11.8 Å². The Morgan fingerprint density at radius 2 is 1.75 bits per heavy atom. The number of imide groups is 1. The second kappa shape index (κ2) is 5.37. The van der Waals surface area contributed by atoms with E-state index in [9.17, 15) is 9.59 Å². The molecule has 1 aliphatic carbocycles. The van der Waals surface area contributed by atoms with Crippen LogP contribution in [0.25, 0.3) is 0 Å². The summed E-state index contributed by atoms with van der Waals surface area (Å²) in [7, 11) is 0. The minimum absolute atomic E-state index is 0. The van der Waals surface area contributed by atoms with Gasteiger partial charge in [0.05, 0.1) is 11.1 Å². The molecule has 5 rings (SSSR count). The summed E-state index contributed by atoms with van der Waals surface area (Å²) in [4.78, 5) is 28.0. The number of nitrogens with zero attached hydrogens (tertiary/aromatic N) is 2. The highest BCUT2D eigenvalue weighted by molar-refractivity contribution is 7.06. The summed E-state index contributed by atoms with van der Waals surface area (Å²) < 4.78 is 4.24. The molecular weight excluding hydrogens is 346 g/mol. The highest BCUT2D eigenvalue weighted by Crippen LogP contribution is 2.63. The van der Waals surface area contributed by atoms with Crippen LogP contribution in [0.3, 0.4) is 0 Å². The van der Waals surface area contributed by atoms with E-state index in [0.29, 0.717) is 29.5 Å². The average Bonchev–Trinajstić information content (AvgIpc) is 3.10. The molecule has 124 valence electrons. The molecule has 5 nitrogen and oxygen atoms in total. The first-order chi connectivity index (χ1) is 11.2. The van der Waals surface area contributed by atoms with E-state index >= 15 is 0 Å². The number of benzene rings is 1. The molecule has 1 N–H and O–H groups in total. The van der Waals surface area contributed by atoms with Crippen molar-refractivity contribution in [3.63, 3.8) is 0 Å². The van der Waals surface area contributed by atoms with Crippen LogP contribution in [0.4, 0.5) is 0 Å². The van der Waals surface area contributed by atoms with Crippen molar-refractivity contribution < 1.29 is 9.59 Å². The van der Waals surface area contributed by atoms with Gasteiger partial charge in [-0.3, -0.25) is 14.5 Å². The minimum Gasteiger partial charge on any atom is -0.316 e. The maximum Gasteiger partial charge on any atom is 0.261 e. The monoisotopic (exact) mass is 361 g/mol. The van der Waals surface area contributed by atoms with Gasteiger partial charge in [-0.15, -0.1) is 12.4 Å². The zero-order valence-electron chi connectivity index (χ0n) is 12.8. The molecule has 7 heteroatoms. The van der Waals surface area contributed by atoms with Crippen molar-refractivity contribution >= 4 is 35.8 Å². The Balaban J connectivity index is 0.00000146. The summed E-state index contributed by atoms with van der Waals surface area (Å²) in [5.41, 5.74) is 0.960. The number of aromatic nitrogens is 1. The molecule has 24 heavy (non-hydrogen) atoms. The van der Waals surface area contributed by atoms with E-state index in [-0.39, 0.29) is 29.6 Å². The van der Waals surface area contributed by atoms with Crippen LogP contribution in [0.2, 0.25) is 0 Å². The average molecular weight is 362 g/mol. The number of rotatable bonds is 3. The molecule has 3 aliphatic rings. The van der Waals surface area contributed by atoms with Gasteiger partial charge in [-0.25, -0.2) is 4.37 Å². The molecule has 2 fully saturated rings. The topological polar surface area (TPSA) is 62.3 Å². The molecule has 3 heterocycles. The lowest BCUT2D eigenvalue weighted by molar-refractivity contribution is 0.0632. The van der Waals surface area contributed by atoms with Crippen molar-refractivity contribution in [1.29, 1.82) is 0 Å². The molecular formula is C17H16ClN3O2S. The number of amides is 2. The second-order valence-corrected chi connectivity index (χ2v) is 7.36. The quantitative estimate of drug-likeness (QED) is 0.849. The van der Waals surface area contributed by atoms with Crippen molar-refractivity contribution in [3.05, 3.63) is 52.5 Å². The molecule has 0 unspecified atom stereocenters. The number of hydrogen-bond acceptors (Lipinski definition) is 5. The van der Waals surface area contributed by atoms with E-state index in [1.807, 2.05) is 24.4 Å². The lowest BCUT2D eigenvalue weighted by Crippen LogP contribution is -2.40. The van der Waals surface area contributed by atoms with Gasteiger partial charge >= 0.3 is 0 Å². The predicted octanol–water partition coefficient (Wildman–Crippen LogP) is 1.95. The van der Waals surface area contributed by atoms with Crippen LogP contribution in [-0.4, -0.2) is 40.7 Å². The van der Waals surface area contributed by atoms with Crippen molar-refractivity contribution in [3.8, 4) is 0 Å². The van der Waals surface area contributed by atoms with Gasteiger partial charge < -0.3 is 5.32 Å². The van der Waals surface area contributed by atoms with Crippen LogP contribution in [0.1, 0.15) is 25.6 Å². The lowest BCUT2D eigenvalue weighted by Gasteiger charge is -2.25. The van der Waals surface area contributed by atoms with Gasteiger partial charge in [0, 0.05) is 23.0 Å². The smallest absolute Gasteiger partial charge is 0.261 e. The third-order valence-corrected chi connectivity index (χ3v) is 6.56. The van der Waals surface area contributed by atoms with Gasteiger partial charge in [0.2, 0.25) is 0 Å². The standard InChI is InChI=1S/C17H15N3O2S.ClH/c21-15-10-3-1-2-4-11(10)16(22)20(15)9-17(14-5-6-19-23-14)12-7-18-8-13(12)17;/h1-6,12-13,18H,7-9H2;1H/t12-,13+,17-;. The SMILES string of the molecule is Cl.O=C1c2ccccc2C(=O)N1C[C@@]1(c2ccns2)[C@@H]2CNC[C@@H]21.